The molecule has 3 rings (SSSR count). The standard InChI is InChI=1S/C22H18N2O4S/c1-2-27-22(26)19-20(25)18(29-21(19)24-16-9-4-3-5-10-16)14-15-8-6-7-11-17(15)28-13-12-23/h3-11,14,25H,2,13H2,1H3/b18-14-,24-21?. The molecule has 2 aromatic carbocycles. The molecule has 0 spiro atoms. The zero-order valence-electron chi connectivity index (χ0n) is 15.7. The minimum Gasteiger partial charge on any atom is -0.506 e. The van der Waals surface area contributed by atoms with Crippen LogP contribution in [-0.2, 0) is 9.53 Å². The summed E-state index contributed by atoms with van der Waals surface area (Å²) < 4.78 is 10.5. The third-order valence-corrected chi connectivity index (χ3v) is 4.87. The van der Waals surface area contributed by atoms with E-state index in [4.69, 9.17) is 14.7 Å². The van der Waals surface area contributed by atoms with Crippen molar-refractivity contribution in [3.8, 4) is 11.8 Å². The monoisotopic (exact) mass is 406 g/mol. The van der Waals surface area contributed by atoms with E-state index in [9.17, 15) is 9.90 Å². The third-order valence-electron chi connectivity index (χ3n) is 3.85. The lowest BCUT2D eigenvalue weighted by molar-refractivity contribution is -0.138. The van der Waals surface area contributed by atoms with Gasteiger partial charge in [-0.25, -0.2) is 9.79 Å². The van der Waals surface area contributed by atoms with Crippen LogP contribution < -0.4 is 4.74 Å². The lowest BCUT2D eigenvalue weighted by atomic mass is 10.1. The number of aliphatic hydroxyl groups is 1. The van der Waals surface area contributed by atoms with Crippen molar-refractivity contribution in [3.63, 3.8) is 0 Å². The zero-order valence-corrected chi connectivity index (χ0v) is 16.5. The Hall–Kier alpha value is -3.50. The molecule has 0 amide bonds. The fourth-order valence-corrected chi connectivity index (χ4v) is 3.62. The van der Waals surface area contributed by atoms with Crippen LogP contribution in [0.4, 0.5) is 5.69 Å². The van der Waals surface area contributed by atoms with E-state index in [-0.39, 0.29) is 24.5 Å². The number of aliphatic imine (C=N–C) groups is 1. The molecule has 0 bridgehead atoms. The SMILES string of the molecule is CCOC(=O)C1=C(O)/C(=C/c2ccccc2OCC#N)SC1=Nc1ccccc1. The highest BCUT2D eigenvalue weighted by Crippen LogP contribution is 2.41. The first-order chi connectivity index (χ1) is 14.1. The Morgan fingerprint density at radius 1 is 1.21 bits per heavy atom. The summed E-state index contributed by atoms with van der Waals surface area (Å²) in [5, 5.41) is 19.9. The summed E-state index contributed by atoms with van der Waals surface area (Å²) in [5.41, 5.74) is 1.35. The van der Waals surface area contributed by atoms with Crippen molar-refractivity contribution < 1.29 is 19.4 Å². The van der Waals surface area contributed by atoms with Crippen LogP contribution in [0.15, 0.2) is 75.8 Å². The molecule has 0 saturated carbocycles. The molecular formula is C22H18N2O4S. The second kappa shape index (κ2) is 9.62. The highest BCUT2D eigenvalue weighted by atomic mass is 32.2. The summed E-state index contributed by atoms with van der Waals surface area (Å²) in [6, 6.07) is 18.2. The summed E-state index contributed by atoms with van der Waals surface area (Å²) in [5.74, 6) is -0.330. The highest BCUT2D eigenvalue weighted by Gasteiger charge is 2.33. The Bertz CT molecular complexity index is 1040. The number of nitriles is 1. The van der Waals surface area contributed by atoms with Gasteiger partial charge in [-0.2, -0.15) is 5.26 Å². The molecule has 0 saturated heterocycles. The lowest BCUT2D eigenvalue weighted by Gasteiger charge is -2.06. The van der Waals surface area contributed by atoms with Crippen LogP contribution in [-0.4, -0.2) is 29.3 Å². The number of esters is 1. The quantitative estimate of drug-likeness (QED) is 0.694. The number of hydrogen-bond acceptors (Lipinski definition) is 7. The van der Waals surface area contributed by atoms with Gasteiger partial charge in [-0.3, -0.25) is 0 Å². The summed E-state index contributed by atoms with van der Waals surface area (Å²) >= 11 is 1.17. The van der Waals surface area contributed by atoms with Gasteiger partial charge in [0, 0.05) is 5.56 Å². The number of benzene rings is 2. The van der Waals surface area contributed by atoms with E-state index in [0.717, 1.165) is 0 Å². The first-order valence-electron chi connectivity index (χ1n) is 8.87. The van der Waals surface area contributed by atoms with E-state index in [1.165, 1.54) is 11.8 Å². The zero-order chi connectivity index (χ0) is 20.6. The Balaban J connectivity index is 2.03. The molecular weight excluding hydrogens is 388 g/mol. The molecule has 1 N–H and O–H groups in total. The normalized spacial score (nSPS) is 16.1. The molecule has 0 unspecified atom stereocenters. The number of carbonyl (C=O) groups is 1. The van der Waals surface area contributed by atoms with E-state index >= 15 is 0 Å². The molecule has 2 aromatic rings. The summed E-state index contributed by atoms with van der Waals surface area (Å²) in [7, 11) is 0. The van der Waals surface area contributed by atoms with Gasteiger partial charge in [-0.05, 0) is 31.2 Å². The van der Waals surface area contributed by atoms with Gasteiger partial charge in [0.1, 0.15) is 28.2 Å². The molecule has 0 radical (unpaired) electrons. The number of nitrogens with zero attached hydrogens (tertiary/aromatic N) is 2. The second-order valence-corrected chi connectivity index (χ2v) is 6.82. The van der Waals surface area contributed by atoms with Crippen LogP contribution in [0, 0.1) is 11.3 Å². The predicted molar refractivity (Wildman–Crippen MR) is 113 cm³/mol. The van der Waals surface area contributed by atoms with Crippen molar-refractivity contribution >= 4 is 34.5 Å². The number of hydrogen-bond donors (Lipinski definition) is 1. The van der Waals surface area contributed by atoms with Crippen molar-refractivity contribution in [1.29, 1.82) is 5.26 Å². The molecule has 29 heavy (non-hydrogen) atoms. The summed E-state index contributed by atoms with van der Waals surface area (Å²) in [6.45, 7) is 1.79. The lowest BCUT2D eigenvalue weighted by Crippen LogP contribution is -2.12. The minimum absolute atomic E-state index is 0.0300. The van der Waals surface area contributed by atoms with Gasteiger partial charge < -0.3 is 14.6 Å². The van der Waals surface area contributed by atoms with Crippen LogP contribution in [0.2, 0.25) is 0 Å². The largest absolute Gasteiger partial charge is 0.506 e. The van der Waals surface area contributed by atoms with Gasteiger partial charge in [0.15, 0.2) is 6.61 Å². The van der Waals surface area contributed by atoms with Gasteiger partial charge in [-0.15, -0.1) is 0 Å². The maximum absolute atomic E-state index is 12.4. The van der Waals surface area contributed by atoms with Crippen molar-refractivity contribution in [2.24, 2.45) is 4.99 Å². The second-order valence-electron chi connectivity index (χ2n) is 5.79. The molecule has 0 atom stereocenters. The number of aliphatic hydroxyl groups excluding tert-OH is 1. The minimum atomic E-state index is -0.635. The van der Waals surface area contributed by atoms with Crippen LogP contribution in [0.25, 0.3) is 6.08 Å². The van der Waals surface area contributed by atoms with E-state index < -0.39 is 5.97 Å². The Labute approximate surface area is 172 Å². The first kappa shape index (κ1) is 20.2. The molecule has 0 aromatic heterocycles. The Kier molecular flexibility index (Phi) is 6.72. The van der Waals surface area contributed by atoms with Crippen molar-refractivity contribution in [3.05, 3.63) is 76.4 Å². The average Bonchev–Trinajstić information content (AvgIpc) is 3.03. The van der Waals surface area contributed by atoms with E-state index in [0.29, 0.717) is 26.9 Å². The summed E-state index contributed by atoms with van der Waals surface area (Å²) in [6.07, 6.45) is 1.69. The maximum atomic E-state index is 12.4. The molecule has 0 aliphatic carbocycles. The van der Waals surface area contributed by atoms with Gasteiger partial charge >= 0.3 is 5.97 Å². The van der Waals surface area contributed by atoms with Crippen molar-refractivity contribution in [2.75, 3.05) is 13.2 Å². The smallest absolute Gasteiger partial charge is 0.344 e. The number of ether oxygens (including phenoxy) is 2. The van der Waals surface area contributed by atoms with Crippen molar-refractivity contribution in [1.82, 2.24) is 0 Å². The maximum Gasteiger partial charge on any atom is 0.344 e. The number of para-hydroxylation sites is 2. The number of thioether (sulfide) groups is 1. The van der Waals surface area contributed by atoms with E-state index in [1.807, 2.05) is 30.3 Å². The fourth-order valence-electron chi connectivity index (χ4n) is 2.59. The summed E-state index contributed by atoms with van der Waals surface area (Å²) in [4.78, 5) is 17.4. The molecule has 1 aliphatic heterocycles. The molecule has 1 heterocycles. The van der Waals surface area contributed by atoms with Crippen molar-refractivity contribution in [2.45, 2.75) is 6.92 Å². The van der Waals surface area contributed by atoms with E-state index in [2.05, 4.69) is 4.99 Å². The van der Waals surface area contributed by atoms with Gasteiger partial charge in [0.2, 0.25) is 0 Å². The predicted octanol–water partition coefficient (Wildman–Crippen LogP) is 4.78. The Morgan fingerprint density at radius 2 is 1.93 bits per heavy atom. The first-order valence-corrected chi connectivity index (χ1v) is 9.68. The molecule has 7 heteroatoms. The van der Waals surface area contributed by atoms with Gasteiger partial charge in [-0.1, -0.05) is 48.2 Å². The third kappa shape index (κ3) is 4.86. The van der Waals surface area contributed by atoms with Gasteiger partial charge in [0.25, 0.3) is 0 Å². The van der Waals surface area contributed by atoms with E-state index in [1.54, 1.807) is 43.3 Å². The van der Waals surface area contributed by atoms with Crippen LogP contribution >= 0.6 is 11.8 Å². The number of rotatable bonds is 6. The van der Waals surface area contributed by atoms with Crippen LogP contribution in [0.5, 0.6) is 5.75 Å². The molecule has 6 nitrogen and oxygen atoms in total. The fraction of sp³-hybridized carbons (Fsp3) is 0.136. The molecule has 1 aliphatic rings. The molecule has 146 valence electrons. The van der Waals surface area contributed by atoms with Crippen LogP contribution in [0.1, 0.15) is 12.5 Å². The highest BCUT2D eigenvalue weighted by molar-refractivity contribution is 8.18. The number of carbonyl (C=O) groups excluding carboxylic acids is 1. The topological polar surface area (TPSA) is 91.9 Å². The van der Waals surface area contributed by atoms with Gasteiger partial charge in [0.05, 0.1) is 17.2 Å². The molecule has 0 fully saturated rings. The van der Waals surface area contributed by atoms with Crippen LogP contribution in [0.3, 0.4) is 0 Å². The average molecular weight is 406 g/mol. The Morgan fingerprint density at radius 3 is 2.66 bits per heavy atom.